The molecule has 162 valence electrons. The summed E-state index contributed by atoms with van der Waals surface area (Å²) in [6.45, 7) is 2.15. The summed E-state index contributed by atoms with van der Waals surface area (Å²) in [6, 6.07) is 0. The van der Waals surface area contributed by atoms with Gasteiger partial charge in [0.05, 0.1) is 0 Å². The molecule has 0 aliphatic heterocycles. The Bertz CT molecular complexity index is 409. The molecule has 1 unspecified atom stereocenters. The van der Waals surface area contributed by atoms with Gasteiger partial charge in [-0.05, 0) is 25.7 Å². The molecule has 0 aliphatic rings. The normalized spacial score (nSPS) is 14.9. The third-order valence-electron chi connectivity index (χ3n) is 4.52. The molecule has 0 aromatic heterocycles. The monoisotopic (exact) mass is 404 g/mol. The van der Waals surface area contributed by atoms with Crippen LogP contribution < -0.4 is 0 Å². The minimum Gasteiger partial charge on any atom is -0.387 e. The van der Waals surface area contributed by atoms with E-state index in [0.717, 1.165) is 44.9 Å². The van der Waals surface area contributed by atoms with Crippen LogP contribution >= 0.6 is 0 Å². The molecule has 0 fully saturated rings. The highest BCUT2D eigenvalue weighted by atomic mass is 19.4. The topological polar surface area (TPSA) is 60.7 Å². The van der Waals surface area contributed by atoms with Gasteiger partial charge in [-0.15, -0.1) is 0 Å². The lowest BCUT2D eigenvalue weighted by Crippen LogP contribution is -2.63. The first-order chi connectivity index (χ1) is 12.5. The Balaban J connectivity index is 3.83. The van der Waals surface area contributed by atoms with Gasteiger partial charge in [-0.1, -0.05) is 70.4 Å². The lowest BCUT2D eigenvalue weighted by Gasteiger charge is -2.35. The second kappa shape index (κ2) is 12.7. The van der Waals surface area contributed by atoms with E-state index in [1.54, 1.807) is 0 Å². The van der Waals surface area contributed by atoms with Gasteiger partial charge < -0.3 is 15.3 Å². The Morgan fingerprint density at radius 1 is 0.741 bits per heavy atom. The highest BCUT2D eigenvalue weighted by Crippen LogP contribution is 2.42. The Morgan fingerprint density at radius 2 is 1.19 bits per heavy atom. The molecule has 0 heterocycles. The van der Waals surface area contributed by atoms with Gasteiger partial charge in [0.15, 0.2) is 0 Å². The molecule has 0 aromatic rings. The number of hydrogen-bond acceptors (Lipinski definition) is 3. The van der Waals surface area contributed by atoms with Crippen LogP contribution in [0.1, 0.15) is 84.0 Å². The fraction of sp³-hybridized carbons (Fsp3) is 0.895. The van der Waals surface area contributed by atoms with Crippen LogP contribution in [0.4, 0.5) is 22.0 Å². The first kappa shape index (κ1) is 26.3. The van der Waals surface area contributed by atoms with Gasteiger partial charge in [0.25, 0.3) is 0 Å². The SMILES string of the molecule is CCCC/C=C\CCCCCCCCCC(O)C(F)(F)C(O)(O)C(F)(F)F. The molecule has 0 radical (unpaired) electrons. The molecule has 0 aromatic carbocycles. The van der Waals surface area contributed by atoms with E-state index >= 15 is 0 Å². The van der Waals surface area contributed by atoms with Crippen molar-refractivity contribution >= 4 is 0 Å². The second-order valence-electron chi connectivity index (χ2n) is 6.97. The first-order valence-corrected chi connectivity index (χ1v) is 9.70. The van der Waals surface area contributed by atoms with Crippen LogP contribution in [-0.2, 0) is 0 Å². The number of allylic oxidation sites excluding steroid dienone is 2. The van der Waals surface area contributed by atoms with E-state index in [9.17, 15) is 27.1 Å². The van der Waals surface area contributed by atoms with E-state index in [1.165, 1.54) is 12.8 Å². The van der Waals surface area contributed by atoms with Crippen LogP contribution in [-0.4, -0.2) is 39.3 Å². The molecule has 0 saturated heterocycles. The van der Waals surface area contributed by atoms with Crippen molar-refractivity contribution in [1.29, 1.82) is 0 Å². The van der Waals surface area contributed by atoms with E-state index in [-0.39, 0.29) is 6.42 Å². The van der Waals surface area contributed by atoms with E-state index < -0.39 is 30.4 Å². The van der Waals surface area contributed by atoms with Crippen molar-refractivity contribution in [1.82, 2.24) is 0 Å². The Morgan fingerprint density at radius 3 is 1.67 bits per heavy atom. The van der Waals surface area contributed by atoms with Gasteiger partial charge in [0.2, 0.25) is 0 Å². The lowest BCUT2D eigenvalue weighted by atomic mass is 9.97. The minimum atomic E-state index is -5.96. The fourth-order valence-corrected chi connectivity index (χ4v) is 2.64. The summed E-state index contributed by atoms with van der Waals surface area (Å²) in [5, 5.41) is 26.6. The standard InChI is InChI=1S/C19H33F5O3/c1-2-3-4-5-6-7-8-9-10-11-12-13-14-15-16(25)17(20,21)18(26,27)19(22,23)24/h5-6,16,25-27H,2-4,7-15H2,1H3/b6-5-. The third-order valence-corrected chi connectivity index (χ3v) is 4.52. The molecular weight excluding hydrogens is 371 g/mol. The number of unbranched alkanes of at least 4 members (excludes halogenated alkanes) is 9. The molecule has 3 N–H and O–H groups in total. The van der Waals surface area contributed by atoms with E-state index in [4.69, 9.17) is 10.2 Å². The molecule has 0 saturated carbocycles. The second-order valence-corrected chi connectivity index (χ2v) is 6.97. The highest BCUT2D eigenvalue weighted by molar-refractivity contribution is 4.94. The van der Waals surface area contributed by atoms with Crippen molar-refractivity contribution in [3.8, 4) is 0 Å². The largest absolute Gasteiger partial charge is 0.449 e. The molecule has 0 spiro atoms. The third kappa shape index (κ3) is 9.34. The first-order valence-electron chi connectivity index (χ1n) is 9.70. The summed E-state index contributed by atoms with van der Waals surface area (Å²) in [4.78, 5) is 0. The smallest absolute Gasteiger partial charge is 0.387 e. The lowest BCUT2D eigenvalue weighted by molar-refractivity contribution is -0.429. The van der Waals surface area contributed by atoms with Gasteiger partial charge in [0.1, 0.15) is 6.10 Å². The summed E-state index contributed by atoms with van der Waals surface area (Å²) >= 11 is 0. The van der Waals surface area contributed by atoms with Crippen LogP contribution in [0.3, 0.4) is 0 Å². The summed E-state index contributed by atoms with van der Waals surface area (Å²) < 4.78 is 63.8. The molecule has 1 atom stereocenters. The zero-order valence-electron chi connectivity index (χ0n) is 15.9. The summed E-state index contributed by atoms with van der Waals surface area (Å²) in [7, 11) is 0. The predicted molar refractivity (Wildman–Crippen MR) is 94.4 cm³/mol. The van der Waals surface area contributed by atoms with Crippen LogP contribution in [0.15, 0.2) is 12.2 Å². The van der Waals surface area contributed by atoms with Crippen LogP contribution in [0.25, 0.3) is 0 Å². The van der Waals surface area contributed by atoms with Crippen molar-refractivity contribution in [3.63, 3.8) is 0 Å². The maximum Gasteiger partial charge on any atom is 0.449 e. The summed E-state index contributed by atoms with van der Waals surface area (Å²) in [5.74, 6) is -10.3. The Hall–Kier alpha value is -0.730. The van der Waals surface area contributed by atoms with Crippen molar-refractivity contribution in [3.05, 3.63) is 12.2 Å². The van der Waals surface area contributed by atoms with Crippen molar-refractivity contribution in [2.75, 3.05) is 0 Å². The molecule has 8 heteroatoms. The van der Waals surface area contributed by atoms with E-state index in [0.29, 0.717) is 6.42 Å². The predicted octanol–water partition coefficient (Wildman–Crippen LogP) is 5.48. The van der Waals surface area contributed by atoms with Gasteiger partial charge in [0, 0.05) is 0 Å². The van der Waals surface area contributed by atoms with Crippen LogP contribution in [0.5, 0.6) is 0 Å². The Labute approximate surface area is 158 Å². The van der Waals surface area contributed by atoms with E-state index in [2.05, 4.69) is 19.1 Å². The van der Waals surface area contributed by atoms with Gasteiger partial charge in [-0.3, -0.25) is 0 Å². The zero-order valence-corrected chi connectivity index (χ0v) is 15.9. The average Bonchev–Trinajstić information content (AvgIpc) is 2.57. The van der Waals surface area contributed by atoms with Crippen molar-refractivity contribution in [2.45, 2.75) is 108 Å². The summed E-state index contributed by atoms with van der Waals surface area (Å²) in [5.41, 5.74) is 0. The van der Waals surface area contributed by atoms with Crippen LogP contribution in [0, 0.1) is 0 Å². The van der Waals surface area contributed by atoms with Gasteiger partial charge in [-0.2, -0.15) is 22.0 Å². The number of aliphatic hydroxyl groups excluding tert-OH is 1. The minimum absolute atomic E-state index is 0.0882. The molecule has 0 rings (SSSR count). The number of hydrogen-bond donors (Lipinski definition) is 3. The maximum atomic E-state index is 13.5. The maximum absolute atomic E-state index is 13.5. The van der Waals surface area contributed by atoms with Crippen LogP contribution in [0.2, 0.25) is 0 Å². The van der Waals surface area contributed by atoms with Gasteiger partial charge in [-0.25, -0.2) is 0 Å². The molecule has 0 amide bonds. The molecule has 27 heavy (non-hydrogen) atoms. The van der Waals surface area contributed by atoms with Gasteiger partial charge >= 0.3 is 17.9 Å². The zero-order chi connectivity index (χ0) is 21.0. The number of rotatable bonds is 15. The molecule has 3 nitrogen and oxygen atoms in total. The summed E-state index contributed by atoms with van der Waals surface area (Å²) in [6.07, 6.45) is 4.87. The van der Waals surface area contributed by atoms with Crippen molar-refractivity contribution in [2.24, 2.45) is 0 Å². The average molecular weight is 404 g/mol. The quantitative estimate of drug-likeness (QED) is 0.147. The number of halogens is 5. The number of alkyl halides is 5. The molecule has 0 bridgehead atoms. The highest BCUT2D eigenvalue weighted by Gasteiger charge is 2.71. The number of aliphatic hydroxyl groups is 3. The molecular formula is C19H33F5O3. The fourth-order valence-electron chi connectivity index (χ4n) is 2.64. The van der Waals surface area contributed by atoms with E-state index in [1.807, 2.05) is 0 Å². The Kier molecular flexibility index (Phi) is 12.3. The van der Waals surface area contributed by atoms with Crippen molar-refractivity contribution < 1.29 is 37.3 Å². The molecule has 0 aliphatic carbocycles.